The van der Waals surface area contributed by atoms with Gasteiger partial charge in [-0.3, -0.25) is 4.68 Å². The Bertz CT molecular complexity index is 553. The van der Waals surface area contributed by atoms with Crippen LogP contribution in [0.2, 0.25) is 0 Å². The molecule has 2 N–H and O–H groups in total. The van der Waals surface area contributed by atoms with Crippen molar-refractivity contribution in [2.45, 2.75) is 25.9 Å². The van der Waals surface area contributed by atoms with Crippen molar-refractivity contribution in [3.05, 3.63) is 47.5 Å². The zero-order valence-electron chi connectivity index (χ0n) is 11.1. The van der Waals surface area contributed by atoms with Gasteiger partial charge in [0, 0.05) is 18.3 Å². The first-order valence-electron chi connectivity index (χ1n) is 6.27. The van der Waals surface area contributed by atoms with Gasteiger partial charge in [0.1, 0.15) is 11.6 Å². The van der Waals surface area contributed by atoms with Crippen molar-refractivity contribution in [2.75, 3.05) is 7.11 Å². The summed E-state index contributed by atoms with van der Waals surface area (Å²) in [4.78, 5) is 0. The SMILES string of the molecule is CCCn1cc(C(N)c2c(F)cccc2OC)cn1. The molecule has 0 aliphatic rings. The molecule has 1 heterocycles. The molecule has 0 saturated heterocycles. The number of hydrogen-bond donors (Lipinski definition) is 1. The summed E-state index contributed by atoms with van der Waals surface area (Å²) in [6, 6.07) is 4.11. The van der Waals surface area contributed by atoms with E-state index < -0.39 is 6.04 Å². The van der Waals surface area contributed by atoms with Gasteiger partial charge in [-0.05, 0) is 18.6 Å². The van der Waals surface area contributed by atoms with Crippen molar-refractivity contribution >= 4 is 0 Å². The first kappa shape index (κ1) is 13.5. The van der Waals surface area contributed by atoms with E-state index in [1.807, 2.05) is 10.9 Å². The minimum atomic E-state index is -0.582. The molecule has 102 valence electrons. The molecule has 2 aromatic rings. The molecule has 4 nitrogen and oxygen atoms in total. The molecular weight excluding hydrogens is 245 g/mol. The Kier molecular flexibility index (Phi) is 4.16. The molecular formula is C14H18FN3O. The van der Waals surface area contributed by atoms with Crippen LogP contribution in [-0.4, -0.2) is 16.9 Å². The van der Waals surface area contributed by atoms with Crippen molar-refractivity contribution in [1.29, 1.82) is 0 Å². The minimum Gasteiger partial charge on any atom is -0.496 e. The Morgan fingerprint density at radius 2 is 2.26 bits per heavy atom. The van der Waals surface area contributed by atoms with Crippen LogP contribution in [0.1, 0.15) is 30.5 Å². The van der Waals surface area contributed by atoms with Crippen LogP contribution in [0.5, 0.6) is 5.75 Å². The van der Waals surface area contributed by atoms with E-state index in [1.54, 1.807) is 18.3 Å². The van der Waals surface area contributed by atoms with Crippen LogP contribution in [0.15, 0.2) is 30.6 Å². The Morgan fingerprint density at radius 1 is 1.47 bits per heavy atom. The summed E-state index contributed by atoms with van der Waals surface area (Å²) < 4.78 is 20.9. The second kappa shape index (κ2) is 5.84. The zero-order valence-corrected chi connectivity index (χ0v) is 11.1. The van der Waals surface area contributed by atoms with Crippen molar-refractivity contribution in [3.8, 4) is 5.75 Å². The van der Waals surface area contributed by atoms with Crippen LogP contribution in [0, 0.1) is 5.82 Å². The number of rotatable bonds is 5. The monoisotopic (exact) mass is 263 g/mol. The highest BCUT2D eigenvalue weighted by Gasteiger charge is 2.19. The van der Waals surface area contributed by atoms with Gasteiger partial charge in [-0.1, -0.05) is 13.0 Å². The number of nitrogens with zero attached hydrogens (tertiary/aromatic N) is 2. The Labute approximate surface area is 112 Å². The van der Waals surface area contributed by atoms with Crippen molar-refractivity contribution < 1.29 is 9.13 Å². The summed E-state index contributed by atoms with van der Waals surface area (Å²) >= 11 is 0. The average Bonchev–Trinajstić information content (AvgIpc) is 2.86. The number of methoxy groups -OCH3 is 1. The molecule has 19 heavy (non-hydrogen) atoms. The molecule has 0 spiro atoms. The summed E-state index contributed by atoms with van der Waals surface area (Å²) in [6.07, 6.45) is 4.51. The van der Waals surface area contributed by atoms with Gasteiger partial charge in [0.2, 0.25) is 0 Å². The van der Waals surface area contributed by atoms with Crippen molar-refractivity contribution in [2.24, 2.45) is 5.73 Å². The highest BCUT2D eigenvalue weighted by molar-refractivity contribution is 5.41. The van der Waals surface area contributed by atoms with Gasteiger partial charge in [-0.15, -0.1) is 0 Å². The largest absolute Gasteiger partial charge is 0.496 e. The molecule has 0 aliphatic carbocycles. The van der Waals surface area contributed by atoms with E-state index in [0.717, 1.165) is 18.5 Å². The van der Waals surface area contributed by atoms with Gasteiger partial charge in [0.15, 0.2) is 0 Å². The summed E-state index contributed by atoms with van der Waals surface area (Å²) in [5.41, 5.74) is 7.27. The minimum absolute atomic E-state index is 0.362. The normalized spacial score (nSPS) is 12.4. The van der Waals surface area contributed by atoms with E-state index in [-0.39, 0.29) is 5.82 Å². The van der Waals surface area contributed by atoms with E-state index in [2.05, 4.69) is 12.0 Å². The molecule has 0 amide bonds. The highest BCUT2D eigenvalue weighted by Crippen LogP contribution is 2.30. The van der Waals surface area contributed by atoms with E-state index in [1.165, 1.54) is 13.2 Å². The van der Waals surface area contributed by atoms with Crippen LogP contribution in [-0.2, 0) is 6.54 Å². The fraction of sp³-hybridized carbons (Fsp3) is 0.357. The first-order chi connectivity index (χ1) is 9.17. The van der Waals surface area contributed by atoms with Gasteiger partial charge in [0.05, 0.1) is 24.9 Å². The lowest BCUT2D eigenvalue weighted by Crippen LogP contribution is -2.14. The van der Waals surface area contributed by atoms with Gasteiger partial charge in [-0.25, -0.2) is 4.39 Å². The van der Waals surface area contributed by atoms with Crippen LogP contribution in [0.3, 0.4) is 0 Å². The predicted molar refractivity (Wildman–Crippen MR) is 71.5 cm³/mol. The quantitative estimate of drug-likeness (QED) is 0.901. The molecule has 1 aromatic heterocycles. The van der Waals surface area contributed by atoms with E-state index in [4.69, 9.17) is 10.5 Å². The predicted octanol–water partition coefficient (Wildman–Crippen LogP) is 2.49. The topological polar surface area (TPSA) is 53.1 Å². The Morgan fingerprint density at radius 3 is 2.95 bits per heavy atom. The molecule has 1 atom stereocenters. The molecule has 1 unspecified atom stereocenters. The van der Waals surface area contributed by atoms with Gasteiger partial charge in [-0.2, -0.15) is 5.10 Å². The maximum atomic E-state index is 13.9. The number of halogens is 1. The third kappa shape index (κ3) is 2.76. The maximum Gasteiger partial charge on any atom is 0.132 e. The van der Waals surface area contributed by atoms with E-state index in [9.17, 15) is 4.39 Å². The van der Waals surface area contributed by atoms with Crippen molar-refractivity contribution in [1.82, 2.24) is 9.78 Å². The van der Waals surface area contributed by atoms with E-state index in [0.29, 0.717) is 11.3 Å². The number of benzene rings is 1. The smallest absolute Gasteiger partial charge is 0.132 e. The van der Waals surface area contributed by atoms with Crippen LogP contribution in [0.4, 0.5) is 4.39 Å². The molecule has 0 radical (unpaired) electrons. The number of aromatic nitrogens is 2. The number of nitrogens with two attached hydrogens (primary N) is 1. The maximum absolute atomic E-state index is 13.9. The molecule has 1 aromatic carbocycles. The fourth-order valence-corrected chi connectivity index (χ4v) is 2.06. The van der Waals surface area contributed by atoms with Crippen LogP contribution < -0.4 is 10.5 Å². The molecule has 0 fully saturated rings. The molecule has 2 rings (SSSR count). The highest BCUT2D eigenvalue weighted by atomic mass is 19.1. The lowest BCUT2D eigenvalue weighted by atomic mass is 10.0. The van der Waals surface area contributed by atoms with Gasteiger partial charge in [0.25, 0.3) is 0 Å². The van der Waals surface area contributed by atoms with Crippen LogP contribution in [0.25, 0.3) is 0 Å². The number of ether oxygens (including phenoxy) is 1. The summed E-state index contributed by atoms with van der Waals surface area (Å²) in [6.45, 7) is 2.89. The summed E-state index contributed by atoms with van der Waals surface area (Å²) in [7, 11) is 1.51. The Balaban J connectivity index is 2.35. The van der Waals surface area contributed by atoms with Crippen LogP contribution >= 0.6 is 0 Å². The molecule has 0 aliphatic heterocycles. The molecule has 5 heteroatoms. The summed E-state index contributed by atoms with van der Waals surface area (Å²) in [5, 5.41) is 4.21. The molecule has 0 bridgehead atoms. The first-order valence-corrected chi connectivity index (χ1v) is 6.27. The number of hydrogen-bond acceptors (Lipinski definition) is 3. The second-order valence-electron chi connectivity index (χ2n) is 4.37. The third-order valence-electron chi connectivity index (χ3n) is 3.01. The number of aryl methyl sites for hydroxylation is 1. The standard InChI is InChI=1S/C14H18FN3O/c1-3-7-18-9-10(8-17-18)14(16)13-11(15)5-4-6-12(13)19-2/h4-6,8-9,14H,3,7,16H2,1-2H3. The van der Waals surface area contributed by atoms with Gasteiger partial charge < -0.3 is 10.5 Å². The lowest BCUT2D eigenvalue weighted by Gasteiger charge is -2.15. The summed E-state index contributed by atoms with van der Waals surface area (Å²) in [5.74, 6) is 0.0887. The lowest BCUT2D eigenvalue weighted by molar-refractivity contribution is 0.402. The average molecular weight is 263 g/mol. The second-order valence-corrected chi connectivity index (χ2v) is 4.37. The van der Waals surface area contributed by atoms with Crippen molar-refractivity contribution in [3.63, 3.8) is 0 Å². The van der Waals surface area contributed by atoms with Gasteiger partial charge >= 0.3 is 0 Å². The third-order valence-corrected chi connectivity index (χ3v) is 3.01. The zero-order chi connectivity index (χ0) is 13.8. The fourth-order valence-electron chi connectivity index (χ4n) is 2.06. The van der Waals surface area contributed by atoms with E-state index >= 15 is 0 Å². The molecule has 0 saturated carbocycles. The Hall–Kier alpha value is -1.88.